The van der Waals surface area contributed by atoms with Gasteiger partial charge in [-0.05, 0) is 91.7 Å². The molecule has 1 N–H and O–H groups in total. The lowest BCUT2D eigenvalue weighted by Gasteiger charge is -2.46. The topological polar surface area (TPSA) is 32.3 Å². The number of fused-ring (bicyclic) bond motifs is 5. The number of hydrogen-bond donors (Lipinski definition) is 1. The van der Waals surface area contributed by atoms with Gasteiger partial charge in [-0.3, -0.25) is 0 Å². The Labute approximate surface area is 196 Å². The molecular formula is C26H32Cl2N2O. The first kappa shape index (κ1) is 22.5. The number of benzene rings is 2. The van der Waals surface area contributed by atoms with Gasteiger partial charge < -0.3 is 10.2 Å². The number of halogens is 2. The van der Waals surface area contributed by atoms with Crippen LogP contribution in [0.1, 0.15) is 50.7 Å². The quantitative estimate of drug-likeness (QED) is 0.506. The van der Waals surface area contributed by atoms with E-state index in [0.29, 0.717) is 23.8 Å². The van der Waals surface area contributed by atoms with Gasteiger partial charge in [-0.1, -0.05) is 55.2 Å². The van der Waals surface area contributed by atoms with Crippen molar-refractivity contribution < 1.29 is 4.79 Å². The lowest BCUT2D eigenvalue weighted by atomic mass is 9.70. The van der Waals surface area contributed by atoms with E-state index >= 15 is 0 Å². The van der Waals surface area contributed by atoms with Crippen LogP contribution in [0.15, 0.2) is 42.5 Å². The Morgan fingerprint density at radius 2 is 1.74 bits per heavy atom. The van der Waals surface area contributed by atoms with Crippen LogP contribution in [-0.4, -0.2) is 23.5 Å². The van der Waals surface area contributed by atoms with Crippen molar-refractivity contribution in [2.24, 2.45) is 17.8 Å². The summed E-state index contributed by atoms with van der Waals surface area (Å²) in [4.78, 5) is 15.1. The summed E-state index contributed by atoms with van der Waals surface area (Å²) in [5, 5.41) is 4.69. The number of piperidine rings is 1. The first-order valence-corrected chi connectivity index (χ1v) is 12.3. The maximum atomic E-state index is 13.0. The van der Waals surface area contributed by atoms with Gasteiger partial charge in [0.15, 0.2) is 0 Å². The molecule has 5 rings (SSSR count). The number of nitrogens with zero attached hydrogens (tertiary/aromatic N) is 1. The molecule has 1 aliphatic carbocycles. The third-order valence-electron chi connectivity index (χ3n) is 7.46. The molecule has 3 fully saturated rings. The van der Waals surface area contributed by atoms with Crippen molar-refractivity contribution in [2.45, 2.75) is 58.4 Å². The number of rotatable bonds is 4. The second-order valence-corrected chi connectivity index (χ2v) is 10.0. The minimum atomic E-state index is 0.0350. The summed E-state index contributed by atoms with van der Waals surface area (Å²) in [6, 6.07) is 14.2. The molecule has 1 saturated carbocycles. The van der Waals surface area contributed by atoms with E-state index in [1.165, 1.54) is 12.0 Å². The molecule has 2 heterocycles. The lowest BCUT2D eigenvalue weighted by molar-refractivity contribution is 0.0583. The fourth-order valence-electron chi connectivity index (χ4n) is 5.41. The molecule has 166 valence electrons. The molecule has 31 heavy (non-hydrogen) atoms. The molecule has 5 heteroatoms. The molecule has 3 aliphatic rings. The number of urea groups is 1. The number of hydrogen-bond acceptors (Lipinski definition) is 1. The fraction of sp³-hybridized carbons (Fsp3) is 0.500. The monoisotopic (exact) mass is 458 g/mol. The third-order valence-corrected chi connectivity index (χ3v) is 8.14. The van der Waals surface area contributed by atoms with Crippen molar-refractivity contribution in [1.29, 1.82) is 0 Å². The minimum absolute atomic E-state index is 0.0350. The van der Waals surface area contributed by atoms with Crippen LogP contribution in [0.2, 0.25) is 10.0 Å². The van der Waals surface area contributed by atoms with Gasteiger partial charge in [-0.25, -0.2) is 4.79 Å². The predicted molar refractivity (Wildman–Crippen MR) is 130 cm³/mol. The van der Waals surface area contributed by atoms with E-state index in [2.05, 4.69) is 36.2 Å². The van der Waals surface area contributed by atoms with Crippen molar-refractivity contribution in [1.82, 2.24) is 4.90 Å². The summed E-state index contributed by atoms with van der Waals surface area (Å²) in [5.74, 6) is 1.57. The maximum absolute atomic E-state index is 13.0. The molecule has 2 aromatic rings. The van der Waals surface area contributed by atoms with Crippen LogP contribution in [0.5, 0.6) is 0 Å². The number of amides is 2. The molecule has 0 radical (unpaired) electrons. The molecule has 2 aromatic carbocycles. The van der Waals surface area contributed by atoms with Crippen LogP contribution in [0, 0.1) is 17.8 Å². The van der Waals surface area contributed by atoms with Gasteiger partial charge in [0.1, 0.15) is 0 Å². The number of nitrogens with one attached hydrogen (secondary N) is 1. The van der Waals surface area contributed by atoms with E-state index in [9.17, 15) is 4.79 Å². The van der Waals surface area contributed by atoms with E-state index < -0.39 is 0 Å². The molecule has 2 aliphatic heterocycles. The summed E-state index contributed by atoms with van der Waals surface area (Å²) < 4.78 is 0. The number of carbonyl (C=O) groups is 1. The van der Waals surface area contributed by atoms with Crippen LogP contribution < -0.4 is 5.32 Å². The zero-order chi connectivity index (χ0) is 22.0. The summed E-state index contributed by atoms with van der Waals surface area (Å²) in [5.41, 5.74) is 3.13. The fourth-order valence-corrected chi connectivity index (χ4v) is 6.10. The van der Waals surface area contributed by atoms with Crippen molar-refractivity contribution >= 4 is 34.9 Å². The van der Waals surface area contributed by atoms with Gasteiger partial charge in [0.25, 0.3) is 0 Å². The van der Waals surface area contributed by atoms with Gasteiger partial charge in [0.05, 0.1) is 0 Å². The van der Waals surface area contributed by atoms with Crippen molar-refractivity contribution in [3.05, 3.63) is 63.6 Å². The normalized spacial score (nSPS) is 25.7. The summed E-state index contributed by atoms with van der Waals surface area (Å²) in [7, 11) is 0. The smallest absolute Gasteiger partial charge is 0.321 e. The van der Waals surface area contributed by atoms with Crippen molar-refractivity contribution in [3.63, 3.8) is 0 Å². The van der Waals surface area contributed by atoms with Gasteiger partial charge >= 0.3 is 6.03 Å². The second-order valence-electron chi connectivity index (χ2n) is 9.23. The van der Waals surface area contributed by atoms with Gasteiger partial charge in [-0.2, -0.15) is 0 Å². The second kappa shape index (κ2) is 9.83. The molecule has 3 nitrogen and oxygen atoms in total. The highest BCUT2D eigenvalue weighted by Crippen LogP contribution is 2.42. The highest BCUT2D eigenvalue weighted by molar-refractivity contribution is 6.36. The van der Waals surface area contributed by atoms with Crippen molar-refractivity contribution in [3.8, 4) is 0 Å². The van der Waals surface area contributed by atoms with Crippen LogP contribution in [0.3, 0.4) is 0 Å². The van der Waals surface area contributed by atoms with Crippen LogP contribution >= 0.6 is 23.2 Å². The summed E-state index contributed by atoms with van der Waals surface area (Å²) in [6.07, 6.45) is 6.27. The average Bonchev–Trinajstić information content (AvgIpc) is 2.77. The SMILES string of the molecule is CCc1cc(Cl)c(CC2CCC3CCC(CN3C(=O)Nc3ccccc3)C2C)c(Cl)c1. The Balaban J connectivity index is 1.47. The van der Waals surface area contributed by atoms with E-state index in [-0.39, 0.29) is 6.03 Å². The molecule has 2 saturated heterocycles. The third kappa shape index (κ3) is 5.04. The zero-order valence-electron chi connectivity index (χ0n) is 18.4. The Hall–Kier alpha value is -1.71. The van der Waals surface area contributed by atoms with Crippen LogP contribution in [-0.2, 0) is 12.8 Å². The number of para-hydroxylation sites is 1. The molecule has 0 aromatic heterocycles. The average molecular weight is 459 g/mol. The first-order valence-electron chi connectivity index (χ1n) is 11.6. The maximum Gasteiger partial charge on any atom is 0.322 e. The van der Waals surface area contributed by atoms with Crippen molar-refractivity contribution in [2.75, 3.05) is 11.9 Å². The van der Waals surface area contributed by atoms with E-state index in [1.54, 1.807) is 0 Å². The Morgan fingerprint density at radius 3 is 2.42 bits per heavy atom. The largest absolute Gasteiger partial charge is 0.322 e. The zero-order valence-corrected chi connectivity index (χ0v) is 19.9. The Bertz CT molecular complexity index is 894. The van der Waals surface area contributed by atoms with E-state index in [0.717, 1.165) is 59.9 Å². The van der Waals surface area contributed by atoms with Crippen LogP contribution in [0.4, 0.5) is 10.5 Å². The Kier molecular flexibility index (Phi) is 7.13. The summed E-state index contributed by atoms with van der Waals surface area (Å²) >= 11 is 13.3. The number of aryl methyl sites for hydroxylation is 1. The molecule has 2 amide bonds. The van der Waals surface area contributed by atoms with Gasteiger partial charge in [0, 0.05) is 28.3 Å². The highest BCUT2D eigenvalue weighted by atomic mass is 35.5. The summed E-state index contributed by atoms with van der Waals surface area (Å²) in [6.45, 7) is 5.31. The molecule has 2 bridgehead atoms. The predicted octanol–water partition coefficient (Wildman–Crippen LogP) is 7.46. The molecule has 4 atom stereocenters. The standard InChI is InChI=1S/C26H32Cl2N2O/c1-3-18-13-24(27)23(25(28)14-18)15-19-9-11-22-12-10-20(17(19)2)16-30(22)26(31)29-21-7-5-4-6-8-21/h4-8,13-14,17,19-20,22H,3,9-12,15-16H2,1-2H3,(H,29,31). The van der Waals surface area contributed by atoms with Gasteiger partial charge in [0.2, 0.25) is 0 Å². The van der Waals surface area contributed by atoms with Crippen LogP contribution in [0.25, 0.3) is 0 Å². The molecular weight excluding hydrogens is 427 g/mol. The first-order chi connectivity index (χ1) is 15.0. The molecule has 4 unspecified atom stereocenters. The van der Waals surface area contributed by atoms with E-state index in [1.807, 2.05) is 30.3 Å². The van der Waals surface area contributed by atoms with E-state index in [4.69, 9.17) is 23.2 Å². The number of carbonyl (C=O) groups excluding carboxylic acids is 1. The lowest BCUT2D eigenvalue weighted by Crippen LogP contribution is -2.52. The van der Waals surface area contributed by atoms with Gasteiger partial charge in [-0.15, -0.1) is 0 Å². The Morgan fingerprint density at radius 1 is 1.06 bits per heavy atom. The highest BCUT2D eigenvalue weighted by Gasteiger charge is 2.39. The minimum Gasteiger partial charge on any atom is -0.321 e. The molecule has 0 spiro atoms. The number of anilines is 1.